The van der Waals surface area contributed by atoms with Crippen LogP contribution >= 0.6 is 0 Å². The largest absolute Gasteiger partial charge is 0.378 e. The van der Waals surface area contributed by atoms with Gasteiger partial charge in [-0.2, -0.15) is 0 Å². The molecule has 1 N–H and O–H groups in total. The molecule has 1 aromatic carbocycles. The number of aromatic nitrogens is 2. The van der Waals surface area contributed by atoms with Gasteiger partial charge in [-0.05, 0) is 37.1 Å². The van der Waals surface area contributed by atoms with Gasteiger partial charge < -0.3 is 19.9 Å². The number of amides is 1. The number of para-hydroxylation sites is 2. The Bertz CT molecular complexity index is 753. The second-order valence-corrected chi connectivity index (χ2v) is 6.54. The molecule has 2 aliphatic rings. The molecular formula is C19H23N5O2. The maximum Gasteiger partial charge on any atom is 0.276 e. The Morgan fingerprint density at radius 3 is 2.42 bits per heavy atom. The molecule has 2 aromatic rings. The Morgan fingerprint density at radius 2 is 1.69 bits per heavy atom. The van der Waals surface area contributed by atoms with Crippen LogP contribution in [0.1, 0.15) is 23.3 Å². The quantitative estimate of drug-likeness (QED) is 0.908. The molecule has 7 heteroatoms. The Hall–Kier alpha value is -2.67. The van der Waals surface area contributed by atoms with E-state index in [1.54, 1.807) is 6.07 Å². The van der Waals surface area contributed by atoms with E-state index in [4.69, 9.17) is 4.74 Å². The summed E-state index contributed by atoms with van der Waals surface area (Å²) in [5.41, 5.74) is 2.11. The Labute approximate surface area is 153 Å². The molecule has 3 heterocycles. The fourth-order valence-corrected chi connectivity index (χ4v) is 3.41. The summed E-state index contributed by atoms with van der Waals surface area (Å²) in [5, 5.41) is 11.3. The number of carbonyl (C=O) groups excluding carboxylic acids is 1. The predicted molar refractivity (Wildman–Crippen MR) is 101 cm³/mol. The van der Waals surface area contributed by atoms with Crippen LogP contribution in [-0.2, 0) is 4.74 Å². The molecule has 2 saturated heterocycles. The van der Waals surface area contributed by atoms with Gasteiger partial charge >= 0.3 is 0 Å². The topological polar surface area (TPSA) is 70.6 Å². The van der Waals surface area contributed by atoms with E-state index < -0.39 is 0 Å². The summed E-state index contributed by atoms with van der Waals surface area (Å²) >= 11 is 0. The van der Waals surface area contributed by atoms with Crippen LogP contribution in [0.3, 0.4) is 0 Å². The summed E-state index contributed by atoms with van der Waals surface area (Å²) in [6.45, 7) is 5.05. The molecule has 0 saturated carbocycles. The highest BCUT2D eigenvalue weighted by molar-refractivity contribution is 6.04. The zero-order chi connectivity index (χ0) is 17.8. The van der Waals surface area contributed by atoms with Crippen molar-refractivity contribution < 1.29 is 9.53 Å². The average molecular weight is 353 g/mol. The average Bonchev–Trinajstić information content (AvgIpc) is 3.24. The molecule has 1 amide bonds. The van der Waals surface area contributed by atoms with Crippen LogP contribution in [0.15, 0.2) is 36.4 Å². The number of ether oxygens (including phenoxy) is 1. The zero-order valence-electron chi connectivity index (χ0n) is 14.7. The second kappa shape index (κ2) is 7.70. The summed E-state index contributed by atoms with van der Waals surface area (Å²) in [7, 11) is 0. The van der Waals surface area contributed by atoms with Crippen molar-refractivity contribution in [3.8, 4) is 0 Å². The third kappa shape index (κ3) is 3.62. The number of hydrogen-bond donors (Lipinski definition) is 1. The van der Waals surface area contributed by atoms with E-state index >= 15 is 0 Å². The molecule has 0 unspecified atom stereocenters. The van der Waals surface area contributed by atoms with Gasteiger partial charge in [-0.3, -0.25) is 4.79 Å². The first-order chi connectivity index (χ1) is 12.8. The van der Waals surface area contributed by atoms with Crippen molar-refractivity contribution in [2.45, 2.75) is 12.8 Å². The van der Waals surface area contributed by atoms with Crippen molar-refractivity contribution in [1.82, 2.24) is 10.2 Å². The Morgan fingerprint density at radius 1 is 0.923 bits per heavy atom. The van der Waals surface area contributed by atoms with Gasteiger partial charge in [0.1, 0.15) is 0 Å². The fraction of sp³-hybridized carbons (Fsp3) is 0.421. The molecule has 0 bridgehead atoms. The molecule has 4 rings (SSSR count). The van der Waals surface area contributed by atoms with Gasteiger partial charge in [0.2, 0.25) is 0 Å². The summed E-state index contributed by atoms with van der Waals surface area (Å²) in [4.78, 5) is 17.0. The maximum atomic E-state index is 12.6. The summed E-state index contributed by atoms with van der Waals surface area (Å²) in [5.74, 6) is 0.596. The lowest BCUT2D eigenvalue weighted by Gasteiger charge is -2.30. The number of morpholine rings is 1. The third-order valence-corrected chi connectivity index (χ3v) is 4.82. The SMILES string of the molecule is O=C(Nc1ccccc1N1CCOCC1)c1ccc(N2CCCC2)nn1. The van der Waals surface area contributed by atoms with Gasteiger partial charge in [0.25, 0.3) is 5.91 Å². The molecule has 7 nitrogen and oxygen atoms in total. The van der Waals surface area contributed by atoms with Crippen molar-refractivity contribution in [3.05, 3.63) is 42.1 Å². The lowest BCUT2D eigenvalue weighted by Crippen LogP contribution is -2.36. The minimum Gasteiger partial charge on any atom is -0.378 e. The van der Waals surface area contributed by atoms with Crippen molar-refractivity contribution in [2.24, 2.45) is 0 Å². The zero-order valence-corrected chi connectivity index (χ0v) is 14.7. The Balaban J connectivity index is 1.47. The monoisotopic (exact) mass is 353 g/mol. The van der Waals surface area contributed by atoms with Gasteiger partial charge in [-0.1, -0.05) is 12.1 Å². The van der Waals surface area contributed by atoms with Crippen LogP contribution in [0.25, 0.3) is 0 Å². The first kappa shape index (κ1) is 16.8. The summed E-state index contributed by atoms with van der Waals surface area (Å²) in [6.07, 6.45) is 2.37. The number of nitrogens with one attached hydrogen (secondary N) is 1. The standard InChI is InChI=1S/C19H23N5O2/c25-19(16-7-8-18(22-21-16)24-9-3-4-10-24)20-15-5-1-2-6-17(15)23-11-13-26-14-12-23/h1-2,5-8H,3-4,9-14H2,(H,20,25). The molecule has 0 atom stereocenters. The van der Waals surface area contributed by atoms with E-state index in [0.717, 1.165) is 43.4 Å². The van der Waals surface area contributed by atoms with E-state index in [1.165, 1.54) is 12.8 Å². The summed E-state index contributed by atoms with van der Waals surface area (Å²) < 4.78 is 5.41. The normalized spacial score (nSPS) is 17.4. The minimum absolute atomic E-state index is 0.244. The summed E-state index contributed by atoms with van der Waals surface area (Å²) in [6, 6.07) is 11.4. The molecule has 2 aliphatic heterocycles. The first-order valence-electron chi connectivity index (χ1n) is 9.13. The number of nitrogens with zero attached hydrogens (tertiary/aromatic N) is 4. The molecule has 0 aliphatic carbocycles. The van der Waals surface area contributed by atoms with Crippen LogP contribution in [0.2, 0.25) is 0 Å². The van der Waals surface area contributed by atoms with Crippen molar-refractivity contribution >= 4 is 23.1 Å². The number of hydrogen-bond acceptors (Lipinski definition) is 6. The van der Waals surface area contributed by atoms with E-state index in [0.29, 0.717) is 18.9 Å². The van der Waals surface area contributed by atoms with Gasteiger partial charge in [-0.25, -0.2) is 0 Å². The van der Waals surface area contributed by atoms with Crippen molar-refractivity contribution in [3.63, 3.8) is 0 Å². The van der Waals surface area contributed by atoms with E-state index in [2.05, 4.69) is 25.3 Å². The van der Waals surface area contributed by atoms with E-state index in [1.807, 2.05) is 30.3 Å². The van der Waals surface area contributed by atoms with Crippen LogP contribution < -0.4 is 15.1 Å². The van der Waals surface area contributed by atoms with Gasteiger partial charge in [0.05, 0.1) is 24.6 Å². The van der Waals surface area contributed by atoms with Crippen molar-refractivity contribution in [1.29, 1.82) is 0 Å². The predicted octanol–water partition coefficient (Wildman–Crippen LogP) is 2.17. The maximum absolute atomic E-state index is 12.6. The molecule has 1 aromatic heterocycles. The van der Waals surface area contributed by atoms with E-state index in [9.17, 15) is 4.79 Å². The molecule has 0 spiro atoms. The molecule has 0 radical (unpaired) electrons. The second-order valence-electron chi connectivity index (χ2n) is 6.54. The lowest BCUT2D eigenvalue weighted by molar-refractivity contribution is 0.102. The highest BCUT2D eigenvalue weighted by atomic mass is 16.5. The smallest absolute Gasteiger partial charge is 0.276 e. The number of rotatable bonds is 4. The van der Waals surface area contributed by atoms with E-state index in [-0.39, 0.29) is 5.91 Å². The van der Waals surface area contributed by atoms with Crippen LogP contribution in [0, 0.1) is 0 Å². The fourth-order valence-electron chi connectivity index (χ4n) is 3.41. The lowest BCUT2D eigenvalue weighted by atomic mass is 10.2. The Kier molecular flexibility index (Phi) is 4.97. The number of anilines is 3. The minimum atomic E-state index is -0.244. The third-order valence-electron chi connectivity index (χ3n) is 4.82. The molecule has 136 valence electrons. The van der Waals surface area contributed by atoms with Crippen LogP contribution in [-0.4, -0.2) is 55.5 Å². The first-order valence-corrected chi connectivity index (χ1v) is 9.13. The number of carbonyl (C=O) groups is 1. The van der Waals surface area contributed by atoms with Crippen LogP contribution in [0.5, 0.6) is 0 Å². The molecule has 2 fully saturated rings. The van der Waals surface area contributed by atoms with Gasteiger partial charge in [0.15, 0.2) is 11.5 Å². The van der Waals surface area contributed by atoms with Crippen molar-refractivity contribution in [2.75, 3.05) is 54.5 Å². The van der Waals surface area contributed by atoms with Crippen LogP contribution in [0.4, 0.5) is 17.2 Å². The highest BCUT2D eigenvalue weighted by Crippen LogP contribution is 2.26. The molecular weight excluding hydrogens is 330 g/mol. The molecule has 26 heavy (non-hydrogen) atoms. The van der Waals surface area contributed by atoms with Gasteiger partial charge in [-0.15, -0.1) is 10.2 Å². The van der Waals surface area contributed by atoms with Gasteiger partial charge in [0, 0.05) is 26.2 Å². The number of benzene rings is 1. The highest BCUT2D eigenvalue weighted by Gasteiger charge is 2.18.